The molecule has 1 aliphatic heterocycles. The minimum atomic E-state index is -4.50. The Bertz CT molecular complexity index is 1770. The Morgan fingerprint density at radius 2 is 1.73 bits per heavy atom. The van der Waals surface area contributed by atoms with E-state index in [1.165, 1.54) is 6.07 Å². The van der Waals surface area contributed by atoms with Gasteiger partial charge in [0.1, 0.15) is 6.07 Å². The number of fused-ring (bicyclic) bond motifs is 1. The van der Waals surface area contributed by atoms with Gasteiger partial charge in [0.05, 0.1) is 28.1 Å². The fraction of sp³-hybridized carbons (Fsp3) is 0.250. The first-order valence-electron chi connectivity index (χ1n) is 13.7. The van der Waals surface area contributed by atoms with E-state index in [0.29, 0.717) is 55.3 Å². The van der Waals surface area contributed by atoms with Crippen LogP contribution in [0.1, 0.15) is 38.3 Å². The smallest absolute Gasteiger partial charge is 0.398 e. The summed E-state index contributed by atoms with van der Waals surface area (Å²) in [5.41, 5.74) is 11.2. The number of aromatic nitrogens is 1. The highest BCUT2D eigenvalue weighted by atomic mass is 31.0. The number of anilines is 3. The molecule has 1 fully saturated rings. The zero-order valence-corrected chi connectivity index (χ0v) is 25.4. The Balaban J connectivity index is 0.00000141. The zero-order chi connectivity index (χ0) is 32.0. The summed E-state index contributed by atoms with van der Waals surface area (Å²) in [7, 11) is 1.88. The standard InChI is InChI=1S/C31H29F3N6O.CH2NP/c1-19-20(2)37-27-9-8-24(16-26(27)29(19)36)38-30(41)25-6-4-3-5-21(25)18-39-11-13-40(14-12-39)28-10-7-23(31(32,33)34)15-22(28)17-35;2-1-3/h3-10,15-16H,11-14,18H2,1-2H3,(H2,36,37)(H,38,41);3H2. The third kappa shape index (κ3) is 7.26. The molecule has 5 rings (SSSR count). The van der Waals surface area contributed by atoms with Crippen LogP contribution in [0.3, 0.4) is 0 Å². The van der Waals surface area contributed by atoms with Crippen molar-refractivity contribution < 1.29 is 18.0 Å². The summed E-state index contributed by atoms with van der Waals surface area (Å²) in [6.45, 7) is 6.69. The Labute approximate surface area is 256 Å². The Morgan fingerprint density at radius 1 is 1.05 bits per heavy atom. The summed E-state index contributed by atoms with van der Waals surface area (Å²) in [6.07, 6.45) is -4.50. The SMILES string of the molecule is Cc1nc2ccc(NC(=O)c3ccccc3CN3CCN(c4ccc(C(F)(F)F)cc4C#N)CC3)cc2c(N)c1C.N#CP. The summed E-state index contributed by atoms with van der Waals surface area (Å²) in [5.74, 6) is 1.43. The van der Waals surface area contributed by atoms with Crippen molar-refractivity contribution in [1.29, 1.82) is 10.5 Å². The fourth-order valence-corrected chi connectivity index (χ4v) is 5.13. The average molecular weight is 618 g/mol. The average Bonchev–Trinajstić information content (AvgIpc) is 3.00. The van der Waals surface area contributed by atoms with Crippen LogP contribution in [0.4, 0.5) is 30.2 Å². The lowest BCUT2D eigenvalue weighted by Gasteiger charge is -2.36. The number of amides is 1. The third-order valence-electron chi connectivity index (χ3n) is 7.59. The van der Waals surface area contributed by atoms with E-state index in [2.05, 4.69) is 15.2 Å². The maximum Gasteiger partial charge on any atom is 0.416 e. The van der Waals surface area contributed by atoms with E-state index in [9.17, 15) is 23.2 Å². The number of nitrogens with one attached hydrogen (secondary N) is 1. The van der Waals surface area contributed by atoms with Crippen molar-refractivity contribution in [3.8, 4) is 11.9 Å². The van der Waals surface area contributed by atoms with E-state index < -0.39 is 11.7 Å². The Morgan fingerprint density at radius 3 is 2.39 bits per heavy atom. The lowest BCUT2D eigenvalue weighted by Crippen LogP contribution is -2.46. The molecule has 8 nitrogen and oxygen atoms in total. The summed E-state index contributed by atoms with van der Waals surface area (Å²) in [6, 6.07) is 18.1. The topological polar surface area (TPSA) is 122 Å². The van der Waals surface area contributed by atoms with Gasteiger partial charge in [-0.3, -0.25) is 14.7 Å². The van der Waals surface area contributed by atoms with Crippen LogP contribution in [0.15, 0.2) is 60.7 Å². The van der Waals surface area contributed by atoms with Crippen LogP contribution in [0, 0.1) is 36.3 Å². The van der Waals surface area contributed by atoms with Crippen molar-refractivity contribution in [3.05, 3.63) is 94.2 Å². The monoisotopic (exact) mass is 617 g/mol. The molecule has 0 spiro atoms. The fourth-order valence-electron chi connectivity index (χ4n) is 5.13. The van der Waals surface area contributed by atoms with Crippen LogP contribution in [0.25, 0.3) is 10.9 Å². The normalized spacial score (nSPS) is 13.4. The number of carbonyl (C=O) groups excluding carboxylic acids is 1. The van der Waals surface area contributed by atoms with E-state index in [0.717, 1.165) is 39.9 Å². The number of nitrogens with zero attached hydrogens (tertiary/aromatic N) is 5. The summed E-state index contributed by atoms with van der Waals surface area (Å²) >= 11 is 0. The molecule has 12 heteroatoms. The number of alkyl halides is 3. The molecule has 1 aliphatic rings. The summed E-state index contributed by atoms with van der Waals surface area (Å²) in [4.78, 5) is 22.0. The highest BCUT2D eigenvalue weighted by Gasteiger charge is 2.32. The van der Waals surface area contributed by atoms with E-state index in [4.69, 9.17) is 11.0 Å². The first-order valence-corrected chi connectivity index (χ1v) is 14.3. The minimum Gasteiger partial charge on any atom is -0.398 e. The lowest BCUT2D eigenvalue weighted by atomic mass is 10.0. The minimum absolute atomic E-state index is 0.00631. The van der Waals surface area contributed by atoms with Crippen molar-refractivity contribution in [2.24, 2.45) is 0 Å². The van der Waals surface area contributed by atoms with Gasteiger partial charge < -0.3 is 16.0 Å². The molecule has 0 bridgehead atoms. The number of benzene rings is 3. The predicted molar refractivity (Wildman–Crippen MR) is 169 cm³/mol. The van der Waals surface area contributed by atoms with Crippen LogP contribution < -0.4 is 16.0 Å². The van der Waals surface area contributed by atoms with Gasteiger partial charge in [0, 0.05) is 60.7 Å². The van der Waals surface area contributed by atoms with Crippen LogP contribution in [0.5, 0.6) is 0 Å². The van der Waals surface area contributed by atoms with Gasteiger partial charge >= 0.3 is 6.18 Å². The highest BCUT2D eigenvalue weighted by molar-refractivity contribution is 7.23. The van der Waals surface area contributed by atoms with Crippen LogP contribution in [-0.4, -0.2) is 42.0 Å². The number of hydrogen-bond donors (Lipinski definition) is 2. The van der Waals surface area contributed by atoms with Crippen LogP contribution in [0.2, 0.25) is 0 Å². The second kappa shape index (κ2) is 13.7. The maximum atomic E-state index is 13.3. The van der Waals surface area contributed by atoms with Crippen molar-refractivity contribution in [2.45, 2.75) is 26.6 Å². The van der Waals surface area contributed by atoms with Crippen LogP contribution >= 0.6 is 9.24 Å². The molecule has 2 heterocycles. The van der Waals surface area contributed by atoms with Crippen molar-refractivity contribution >= 4 is 43.1 Å². The van der Waals surface area contributed by atoms with Gasteiger partial charge in [-0.15, -0.1) is 0 Å². The van der Waals surface area contributed by atoms with Crippen LogP contribution in [-0.2, 0) is 12.7 Å². The molecular formula is C32H31F3N7OP. The molecule has 3 aromatic carbocycles. The van der Waals surface area contributed by atoms with Gasteiger partial charge in [-0.25, -0.2) is 0 Å². The van der Waals surface area contributed by atoms with Crippen molar-refractivity contribution in [1.82, 2.24) is 9.88 Å². The number of carbonyl (C=O) groups is 1. The second-order valence-electron chi connectivity index (χ2n) is 10.3. The first kappa shape index (κ1) is 32.2. The zero-order valence-electron chi connectivity index (χ0n) is 24.2. The molecule has 1 amide bonds. The molecule has 0 saturated carbocycles. The van der Waals surface area contributed by atoms with Gasteiger partial charge in [0.15, 0.2) is 0 Å². The molecule has 1 unspecified atom stereocenters. The molecular weight excluding hydrogens is 586 g/mol. The molecule has 4 aromatic rings. The number of nitriles is 2. The van der Waals surface area contributed by atoms with Crippen molar-refractivity contribution in [3.63, 3.8) is 0 Å². The van der Waals surface area contributed by atoms with Crippen molar-refractivity contribution in [2.75, 3.05) is 42.1 Å². The van der Waals surface area contributed by atoms with Gasteiger partial charge in [0.25, 0.3) is 5.91 Å². The number of nitrogen functional groups attached to an aromatic ring is 1. The Kier molecular flexibility index (Phi) is 10.1. The second-order valence-corrected chi connectivity index (χ2v) is 10.6. The number of halogens is 3. The number of nitrogens with two attached hydrogens (primary N) is 1. The van der Waals surface area contributed by atoms with Gasteiger partial charge in [-0.1, -0.05) is 18.2 Å². The molecule has 0 radical (unpaired) electrons. The van der Waals surface area contributed by atoms with E-state index >= 15 is 0 Å². The quantitative estimate of drug-likeness (QED) is 0.254. The van der Waals surface area contributed by atoms with Gasteiger partial charge in [-0.05, 0) is 76.7 Å². The third-order valence-corrected chi connectivity index (χ3v) is 7.59. The number of hydrogen-bond acceptors (Lipinski definition) is 7. The van der Waals surface area contributed by atoms with E-state index in [1.54, 1.807) is 17.9 Å². The predicted octanol–water partition coefficient (Wildman–Crippen LogP) is 6.24. The lowest BCUT2D eigenvalue weighted by molar-refractivity contribution is -0.137. The van der Waals surface area contributed by atoms with E-state index in [1.807, 2.05) is 64.4 Å². The molecule has 1 atom stereocenters. The number of rotatable bonds is 5. The largest absolute Gasteiger partial charge is 0.416 e. The summed E-state index contributed by atoms with van der Waals surface area (Å²) in [5, 5.41) is 20.5. The van der Waals surface area contributed by atoms with E-state index in [-0.39, 0.29) is 11.5 Å². The maximum absolute atomic E-state index is 13.3. The van der Waals surface area contributed by atoms with Gasteiger partial charge in [-0.2, -0.15) is 23.7 Å². The summed E-state index contributed by atoms with van der Waals surface area (Å²) < 4.78 is 39.3. The molecule has 3 N–H and O–H groups in total. The Hall–Kier alpha value is -4.70. The molecule has 44 heavy (non-hydrogen) atoms. The first-order chi connectivity index (χ1) is 21.0. The van der Waals surface area contributed by atoms with Gasteiger partial charge in [0.2, 0.25) is 0 Å². The molecule has 1 saturated heterocycles. The molecule has 226 valence electrons. The number of pyridine rings is 1. The molecule has 1 aromatic heterocycles. The molecule has 0 aliphatic carbocycles. The number of aryl methyl sites for hydroxylation is 1. The highest BCUT2D eigenvalue weighted by Crippen LogP contribution is 2.33. The number of piperazine rings is 1.